The van der Waals surface area contributed by atoms with Gasteiger partial charge in [-0.05, 0) is 37.1 Å². The zero-order valence-corrected chi connectivity index (χ0v) is 11.6. The number of benzene rings is 1. The van der Waals surface area contributed by atoms with Gasteiger partial charge in [0, 0.05) is 5.92 Å². The molecule has 0 aliphatic heterocycles. The lowest BCUT2D eigenvalue weighted by Crippen LogP contribution is -2.19. The molecule has 1 saturated carbocycles. The molecule has 3 rings (SSSR count). The second-order valence-electron chi connectivity index (χ2n) is 5.41. The number of nitrogens with zero attached hydrogens (tertiary/aromatic N) is 2. The van der Waals surface area contributed by atoms with Gasteiger partial charge in [-0.1, -0.05) is 19.3 Å². The lowest BCUT2D eigenvalue weighted by Gasteiger charge is -2.21. The Bertz CT molecular complexity index is 694. The van der Waals surface area contributed by atoms with Crippen LogP contribution in [0.1, 0.15) is 54.2 Å². The first-order valence-electron chi connectivity index (χ1n) is 7.18. The molecule has 1 aromatic heterocycles. The fourth-order valence-electron chi connectivity index (χ4n) is 2.95. The van der Waals surface area contributed by atoms with Crippen molar-refractivity contribution in [2.45, 2.75) is 38.0 Å². The summed E-state index contributed by atoms with van der Waals surface area (Å²) in [6.07, 6.45) is 5.63. The molecule has 0 amide bonds. The zero-order valence-electron chi connectivity index (χ0n) is 11.6. The molecule has 0 unspecified atom stereocenters. The zero-order chi connectivity index (χ0) is 14.8. The minimum absolute atomic E-state index is 0.203. The number of rotatable bonds is 3. The van der Waals surface area contributed by atoms with Crippen LogP contribution in [0.15, 0.2) is 29.1 Å². The van der Waals surface area contributed by atoms with Gasteiger partial charge in [0.25, 0.3) is 0 Å². The molecule has 1 aliphatic carbocycles. The minimum Gasteiger partial charge on any atom is -0.478 e. The van der Waals surface area contributed by atoms with E-state index in [-0.39, 0.29) is 17.2 Å². The van der Waals surface area contributed by atoms with Crippen molar-refractivity contribution in [3.8, 4) is 5.69 Å². The molecule has 1 heterocycles. The smallest absolute Gasteiger partial charge is 0.347 e. The minimum atomic E-state index is -0.978. The number of nitrogens with one attached hydrogen (secondary N) is 1. The Hall–Kier alpha value is -2.37. The SMILES string of the molecule is O=C(O)c1ccc(-n2c(C3CCCCC3)n[nH]c2=O)cc1. The maximum absolute atomic E-state index is 12.0. The number of aromatic carboxylic acids is 1. The number of carboxylic acid groups (broad SMARTS) is 1. The highest BCUT2D eigenvalue weighted by Gasteiger charge is 2.22. The van der Waals surface area contributed by atoms with E-state index in [1.165, 1.54) is 18.6 Å². The molecular weight excluding hydrogens is 270 g/mol. The van der Waals surface area contributed by atoms with E-state index in [1.54, 1.807) is 16.7 Å². The van der Waals surface area contributed by atoms with Crippen LogP contribution in [0.2, 0.25) is 0 Å². The number of carbonyl (C=O) groups is 1. The van der Waals surface area contributed by atoms with Gasteiger partial charge >= 0.3 is 11.7 Å². The Balaban J connectivity index is 1.99. The fraction of sp³-hybridized carbons (Fsp3) is 0.400. The lowest BCUT2D eigenvalue weighted by atomic mass is 9.88. The molecular formula is C15H17N3O3. The van der Waals surface area contributed by atoms with E-state index >= 15 is 0 Å². The molecule has 1 fully saturated rings. The molecule has 0 saturated heterocycles. The van der Waals surface area contributed by atoms with Gasteiger partial charge in [-0.15, -0.1) is 0 Å². The van der Waals surface area contributed by atoms with Crippen molar-refractivity contribution in [2.24, 2.45) is 0 Å². The molecule has 1 aromatic carbocycles. The molecule has 2 aromatic rings. The van der Waals surface area contributed by atoms with Crippen LogP contribution >= 0.6 is 0 Å². The predicted molar refractivity (Wildman–Crippen MR) is 77.0 cm³/mol. The first-order chi connectivity index (χ1) is 10.2. The van der Waals surface area contributed by atoms with Crippen molar-refractivity contribution in [1.82, 2.24) is 14.8 Å². The molecule has 0 radical (unpaired) electrons. The highest BCUT2D eigenvalue weighted by atomic mass is 16.4. The first-order valence-corrected chi connectivity index (χ1v) is 7.18. The van der Waals surface area contributed by atoms with Crippen LogP contribution in [0, 0.1) is 0 Å². The van der Waals surface area contributed by atoms with Gasteiger partial charge in [0.1, 0.15) is 5.82 Å². The van der Waals surface area contributed by atoms with Crippen molar-refractivity contribution >= 4 is 5.97 Å². The summed E-state index contributed by atoms with van der Waals surface area (Å²) in [6.45, 7) is 0. The second-order valence-corrected chi connectivity index (χ2v) is 5.41. The van der Waals surface area contributed by atoms with E-state index in [4.69, 9.17) is 5.11 Å². The van der Waals surface area contributed by atoms with E-state index in [2.05, 4.69) is 10.2 Å². The van der Waals surface area contributed by atoms with Crippen molar-refractivity contribution in [3.63, 3.8) is 0 Å². The Kier molecular flexibility index (Phi) is 3.60. The predicted octanol–water partition coefficient (Wildman–Crippen LogP) is 2.31. The third kappa shape index (κ3) is 2.61. The Morgan fingerprint density at radius 1 is 1.19 bits per heavy atom. The molecule has 6 heteroatoms. The number of aromatic amines is 1. The van der Waals surface area contributed by atoms with E-state index in [0.29, 0.717) is 5.69 Å². The van der Waals surface area contributed by atoms with Gasteiger partial charge < -0.3 is 5.11 Å². The summed E-state index contributed by atoms with van der Waals surface area (Å²) >= 11 is 0. The van der Waals surface area contributed by atoms with Gasteiger partial charge in [-0.3, -0.25) is 0 Å². The maximum Gasteiger partial charge on any atom is 0.347 e. The average molecular weight is 287 g/mol. The van der Waals surface area contributed by atoms with Gasteiger partial charge in [0.05, 0.1) is 11.3 Å². The van der Waals surface area contributed by atoms with E-state index in [0.717, 1.165) is 31.5 Å². The number of carboxylic acids is 1. The summed E-state index contributed by atoms with van der Waals surface area (Å²) in [5.41, 5.74) is 0.576. The summed E-state index contributed by atoms with van der Waals surface area (Å²) < 4.78 is 1.56. The Labute approximate surface area is 121 Å². The van der Waals surface area contributed by atoms with Gasteiger partial charge in [0.2, 0.25) is 0 Å². The second kappa shape index (κ2) is 5.55. The van der Waals surface area contributed by atoms with Gasteiger partial charge in [-0.25, -0.2) is 19.3 Å². The number of H-pyrrole nitrogens is 1. The van der Waals surface area contributed by atoms with Crippen LogP contribution in [0.5, 0.6) is 0 Å². The summed E-state index contributed by atoms with van der Waals surface area (Å²) in [5, 5.41) is 15.6. The topological polar surface area (TPSA) is 88.0 Å². The summed E-state index contributed by atoms with van der Waals surface area (Å²) in [7, 11) is 0. The standard InChI is InChI=1S/C15H17N3O3/c19-14(20)11-6-8-12(9-7-11)18-13(16-17-15(18)21)10-4-2-1-3-5-10/h6-10H,1-5H2,(H,17,21)(H,19,20). The van der Waals surface area contributed by atoms with E-state index < -0.39 is 5.97 Å². The quantitative estimate of drug-likeness (QED) is 0.906. The highest BCUT2D eigenvalue weighted by Crippen LogP contribution is 2.31. The highest BCUT2D eigenvalue weighted by molar-refractivity contribution is 5.87. The molecule has 0 bridgehead atoms. The maximum atomic E-state index is 12.0. The van der Waals surface area contributed by atoms with Crippen molar-refractivity contribution < 1.29 is 9.90 Å². The monoisotopic (exact) mass is 287 g/mol. The van der Waals surface area contributed by atoms with Crippen molar-refractivity contribution in [1.29, 1.82) is 0 Å². The van der Waals surface area contributed by atoms with Gasteiger partial charge in [-0.2, -0.15) is 5.10 Å². The Morgan fingerprint density at radius 2 is 1.86 bits per heavy atom. The third-order valence-corrected chi connectivity index (χ3v) is 4.04. The normalized spacial score (nSPS) is 16.0. The van der Waals surface area contributed by atoms with Crippen molar-refractivity contribution in [3.05, 3.63) is 46.1 Å². The summed E-state index contributed by atoms with van der Waals surface area (Å²) in [5.74, 6) is 0.0632. The van der Waals surface area contributed by atoms with Crippen LogP contribution in [-0.2, 0) is 0 Å². The molecule has 110 valence electrons. The molecule has 0 spiro atoms. The molecule has 2 N–H and O–H groups in total. The van der Waals surface area contributed by atoms with Gasteiger partial charge in [0.15, 0.2) is 0 Å². The average Bonchev–Trinajstić information content (AvgIpc) is 2.90. The molecule has 0 atom stereocenters. The van der Waals surface area contributed by atoms with Crippen LogP contribution in [0.3, 0.4) is 0 Å². The third-order valence-electron chi connectivity index (χ3n) is 4.04. The van der Waals surface area contributed by atoms with Crippen LogP contribution < -0.4 is 5.69 Å². The summed E-state index contributed by atoms with van der Waals surface area (Å²) in [6, 6.07) is 6.29. The Morgan fingerprint density at radius 3 is 2.48 bits per heavy atom. The van der Waals surface area contributed by atoms with E-state index in [1.807, 2.05) is 0 Å². The molecule has 21 heavy (non-hydrogen) atoms. The lowest BCUT2D eigenvalue weighted by molar-refractivity contribution is 0.0697. The van der Waals surface area contributed by atoms with Crippen molar-refractivity contribution in [2.75, 3.05) is 0 Å². The van der Waals surface area contributed by atoms with Crippen LogP contribution in [0.25, 0.3) is 5.69 Å². The molecule has 1 aliphatic rings. The molecule has 6 nitrogen and oxygen atoms in total. The van der Waals surface area contributed by atoms with Crippen LogP contribution in [0.4, 0.5) is 0 Å². The number of hydrogen-bond acceptors (Lipinski definition) is 3. The summed E-state index contributed by atoms with van der Waals surface area (Å²) in [4.78, 5) is 22.9. The number of hydrogen-bond donors (Lipinski definition) is 2. The van der Waals surface area contributed by atoms with E-state index in [9.17, 15) is 9.59 Å². The fourth-order valence-corrected chi connectivity index (χ4v) is 2.95. The first kappa shape index (κ1) is 13.6. The largest absolute Gasteiger partial charge is 0.478 e. The van der Waals surface area contributed by atoms with Crippen LogP contribution in [-0.4, -0.2) is 25.8 Å². The number of aromatic nitrogens is 3.